The summed E-state index contributed by atoms with van der Waals surface area (Å²) in [5.74, 6) is -0.537. The molecule has 0 spiro atoms. The minimum Gasteiger partial charge on any atom is -0.274 e. The molecule has 17 heavy (non-hydrogen) atoms. The molecule has 2 rings (SSSR count). The molecule has 0 aliphatic rings. The SMILES string of the molecule is Cn1cc(Br)c(C(=O)n2cc([N+](=O)[O-])cn2)n1. The number of aromatic nitrogens is 4. The van der Waals surface area contributed by atoms with Crippen molar-refractivity contribution in [3.63, 3.8) is 0 Å². The zero-order valence-electron chi connectivity index (χ0n) is 8.57. The van der Waals surface area contributed by atoms with Gasteiger partial charge >= 0.3 is 5.69 Å². The molecule has 0 radical (unpaired) electrons. The molecule has 88 valence electrons. The van der Waals surface area contributed by atoms with E-state index in [9.17, 15) is 14.9 Å². The third-order valence-electron chi connectivity index (χ3n) is 1.97. The van der Waals surface area contributed by atoms with Crippen molar-refractivity contribution in [2.24, 2.45) is 7.05 Å². The smallest absolute Gasteiger partial charge is 0.274 e. The molecule has 0 unspecified atom stereocenters. The average molecular weight is 300 g/mol. The van der Waals surface area contributed by atoms with Crippen LogP contribution in [0.1, 0.15) is 10.5 Å². The second-order valence-corrected chi connectivity index (χ2v) is 4.06. The zero-order valence-corrected chi connectivity index (χ0v) is 10.2. The van der Waals surface area contributed by atoms with Crippen molar-refractivity contribution in [3.05, 3.63) is 38.9 Å². The number of aryl methyl sites for hydroxylation is 1. The highest BCUT2D eigenvalue weighted by Gasteiger charge is 2.19. The highest BCUT2D eigenvalue weighted by Crippen LogP contribution is 2.16. The normalized spacial score (nSPS) is 10.5. The summed E-state index contributed by atoms with van der Waals surface area (Å²) in [7, 11) is 1.66. The van der Waals surface area contributed by atoms with Crippen molar-refractivity contribution >= 4 is 27.5 Å². The van der Waals surface area contributed by atoms with Crippen LogP contribution in [0.5, 0.6) is 0 Å². The number of rotatable bonds is 2. The second-order valence-electron chi connectivity index (χ2n) is 3.20. The molecule has 0 N–H and O–H groups in total. The van der Waals surface area contributed by atoms with E-state index in [2.05, 4.69) is 26.1 Å². The van der Waals surface area contributed by atoms with Gasteiger partial charge in [0.15, 0.2) is 5.69 Å². The molecule has 0 saturated carbocycles. The second kappa shape index (κ2) is 4.09. The van der Waals surface area contributed by atoms with Crippen LogP contribution in [0.15, 0.2) is 23.1 Å². The number of halogens is 1. The molecule has 2 heterocycles. The lowest BCUT2D eigenvalue weighted by molar-refractivity contribution is -0.384. The van der Waals surface area contributed by atoms with Gasteiger partial charge in [0.1, 0.15) is 12.4 Å². The molecule has 0 saturated heterocycles. The Hall–Kier alpha value is -2.03. The third-order valence-corrected chi connectivity index (χ3v) is 2.55. The molecule has 0 bridgehead atoms. The van der Waals surface area contributed by atoms with E-state index >= 15 is 0 Å². The summed E-state index contributed by atoms with van der Waals surface area (Å²) in [6.45, 7) is 0. The first-order valence-electron chi connectivity index (χ1n) is 4.42. The Kier molecular flexibility index (Phi) is 2.76. The van der Waals surface area contributed by atoms with Gasteiger partial charge in [-0.15, -0.1) is 0 Å². The number of carbonyl (C=O) groups is 1. The van der Waals surface area contributed by atoms with Crippen LogP contribution >= 0.6 is 15.9 Å². The van der Waals surface area contributed by atoms with E-state index in [0.29, 0.717) is 4.47 Å². The van der Waals surface area contributed by atoms with E-state index in [4.69, 9.17) is 0 Å². The van der Waals surface area contributed by atoms with Crippen molar-refractivity contribution < 1.29 is 9.72 Å². The topological polar surface area (TPSA) is 95.8 Å². The third kappa shape index (κ3) is 2.09. The first kappa shape index (κ1) is 11.5. The van der Waals surface area contributed by atoms with Crippen LogP contribution in [0.2, 0.25) is 0 Å². The molecule has 0 aromatic carbocycles. The number of hydrogen-bond acceptors (Lipinski definition) is 5. The van der Waals surface area contributed by atoms with E-state index in [0.717, 1.165) is 17.1 Å². The minimum atomic E-state index is -0.621. The van der Waals surface area contributed by atoms with E-state index in [1.54, 1.807) is 13.2 Å². The van der Waals surface area contributed by atoms with E-state index in [1.807, 2.05) is 0 Å². The molecule has 2 aromatic heterocycles. The molecule has 8 nitrogen and oxygen atoms in total. The van der Waals surface area contributed by atoms with Crippen molar-refractivity contribution in [1.82, 2.24) is 19.6 Å². The van der Waals surface area contributed by atoms with Gasteiger partial charge in [-0.05, 0) is 15.9 Å². The standard InChI is InChI=1S/C8H6BrN5O3/c1-12-4-6(9)7(11-12)8(15)13-3-5(2-10-13)14(16)17/h2-4H,1H3. The van der Waals surface area contributed by atoms with Crippen molar-refractivity contribution in [2.45, 2.75) is 0 Å². The van der Waals surface area contributed by atoms with Crippen molar-refractivity contribution in [3.8, 4) is 0 Å². The fraction of sp³-hybridized carbons (Fsp3) is 0.125. The average Bonchev–Trinajstić information content (AvgIpc) is 2.84. The number of nitro groups is 1. The fourth-order valence-electron chi connectivity index (χ4n) is 1.23. The maximum atomic E-state index is 11.9. The van der Waals surface area contributed by atoms with Gasteiger partial charge in [-0.25, -0.2) is 0 Å². The Morgan fingerprint density at radius 2 is 2.24 bits per heavy atom. The summed E-state index contributed by atoms with van der Waals surface area (Å²) >= 11 is 3.17. The quantitative estimate of drug-likeness (QED) is 0.608. The van der Waals surface area contributed by atoms with Gasteiger partial charge < -0.3 is 0 Å². The Labute approximate surface area is 103 Å². The Morgan fingerprint density at radius 1 is 1.53 bits per heavy atom. The highest BCUT2D eigenvalue weighted by molar-refractivity contribution is 9.10. The summed E-state index contributed by atoms with van der Waals surface area (Å²) in [5, 5.41) is 18.0. The number of hydrogen-bond donors (Lipinski definition) is 0. The van der Waals surface area contributed by atoms with Gasteiger partial charge in [0.2, 0.25) is 0 Å². The molecular formula is C8H6BrN5O3. The summed E-state index contributed by atoms with van der Waals surface area (Å²) in [6.07, 6.45) is 3.66. The van der Waals surface area contributed by atoms with Gasteiger partial charge in [0.25, 0.3) is 5.91 Å². The van der Waals surface area contributed by atoms with Crippen LogP contribution in [0.25, 0.3) is 0 Å². The summed E-state index contributed by atoms with van der Waals surface area (Å²) in [6, 6.07) is 0. The molecule has 0 atom stereocenters. The summed E-state index contributed by atoms with van der Waals surface area (Å²) in [5.41, 5.74) is -0.101. The van der Waals surface area contributed by atoms with Gasteiger partial charge in [-0.2, -0.15) is 14.9 Å². The van der Waals surface area contributed by atoms with Gasteiger partial charge in [-0.1, -0.05) is 0 Å². The zero-order chi connectivity index (χ0) is 12.6. The molecule has 0 amide bonds. The molecule has 0 fully saturated rings. The van der Waals surface area contributed by atoms with Gasteiger partial charge in [0.05, 0.1) is 9.40 Å². The molecule has 0 aliphatic carbocycles. The molecular weight excluding hydrogens is 294 g/mol. The van der Waals surface area contributed by atoms with E-state index in [-0.39, 0.29) is 11.4 Å². The number of nitrogens with zero attached hydrogens (tertiary/aromatic N) is 5. The minimum absolute atomic E-state index is 0.144. The summed E-state index contributed by atoms with van der Waals surface area (Å²) in [4.78, 5) is 21.7. The largest absolute Gasteiger partial charge is 0.307 e. The molecule has 9 heteroatoms. The van der Waals surface area contributed by atoms with Gasteiger partial charge in [-0.3, -0.25) is 19.6 Å². The predicted molar refractivity (Wildman–Crippen MR) is 59.5 cm³/mol. The van der Waals surface area contributed by atoms with Crippen LogP contribution in [0, 0.1) is 10.1 Å². The summed E-state index contributed by atoms with van der Waals surface area (Å²) < 4.78 is 2.84. The lowest BCUT2D eigenvalue weighted by atomic mass is 10.4. The van der Waals surface area contributed by atoms with Crippen LogP contribution in [-0.2, 0) is 7.05 Å². The van der Waals surface area contributed by atoms with E-state index < -0.39 is 10.8 Å². The highest BCUT2D eigenvalue weighted by atomic mass is 79.9. The fourth-order valence-corrected chi connectivity index (χ4v) is 1.78. The lowest BCUT2D eigenvalue weighted by Crippen LogP contribution is -2.14. The maximum absolute atomic E-state index is 11.9. The van der Waals surface area contributed by atoms with Crippen LogP contribution in [0.4, 0.5) is 5.69 Å². The Balaban J connectivity index is 2.37. The Morgan fingerprint density at radius 3 is 2.71 bits per heavy atom. The first-order chi connectivity index (χ1) is 7.99. The van der Waals surface area contributed by atoms with Crippen LogP contribution in [0.3, 0.4) is 0 Å². The molecule has 0 aliphatic heterocycles. The van der Waals surface area contributed by atoms with Crippen molar-refractivity contribution in [1.29, 1.82) is 0 Å². The van der Waals surface area contributed by atoms with Crippen LogP contribution < -0.4 is 0 Å². The number of carbonyl (C=O) groups excluding carboxylic acids is 1. The van der Waals surface area contributed by atoms with Gasteiger partial charge in [0, 0.05) is 13.2 Å². The van der Waals surface area contributed by atoms with E-state index in [1.165, 1.54) is 4.68 Å². The first-order valence-corrected chi connectivity index (χ1v) is 5.21. The van der Waals surface area contributed by atoms with Crippen LogP contribution in [-0.4, -0.2) is 30.4 Å². The Bertz CT molecular complexity index is 602. The molecule has 2 aromatic rings. The monoisotopic (exact) mass is 299 g/mol. The predicted octanol–water partition coefficient (Wildman–Crippen LogP) is 0.976. The maximum Gasteiger partial charge on any atom is 0.307 e. The van der Waals surface area contributed by atoms with Crippen molar-refractivity contribution in [2.75, 3.05) is 0 Å². The lowest BCUT2D eigenvalue weighted by Gasteiger charge is -1.95.